The summed E-state index contributed by atoms with van der Waals surface area (Å²) in [5.74, 6) is 1.80. The van der Waals surface area contributed by atoms with Gasteiger partial charge in [-0.05, 0) is 25.0 Å². The molecule has 1 aliphatic rings. The number of benzene rings is 1. The summed E-state index contributed by atoms with van der Waals surface area (Å²) in [6, 6.07) is 9.76. The van der Waals surface area contributed by atoms with E-state index in [0.717, 1.165) is 37.3 Å². The summed E-state index contributed by atoms with van der Waals surface area (Å²) >= 11 is 0. The molecule has 0 atom stereocenters. The van der Waals surface area contributed by atoms with Gasteiger partial charge >= 0.3 is 0 Å². The zero-order valence-corrected chi connectivity index (χ0v) is 13.6. The van der Waals surface area contributed by atoms with Crippen LogP contribution < -0.4 is 0 Å². The Kier molecular flexibility index (Phi) is 4.02. The summed E-state index contributed by atoms with van der Waals surface area (Å²) in [6.45, 7) is 0.884. The van der Waals surface area contributed by atoms with Crippen LogP contribution in [0.15, 0.2) is 36.5 Å². The fraction of sp³-hybridized carbons (Fsp3) is 0.389. The third-order valence-electron chi connectivity index (χ3n) is 4.54. The first kappa shape index (κ1) is 14.9. The average molecular weight is 323 g/mol. The number of aromatic nitrogens is 5. The van der Waals surface area contributed by atoms with Gasteiger partial charge in [0.1, 0.15) is 5.82 Å². The largest absolute Gasteiger partial charge is 0.504 e. The zero-order valence-electron chi connectivity index (χ0n) is 13.6. The average Bonchev–Trinajstić information content (AvgIpc) is 3.19. The lowest BCUT2D eigenvalue weighted by atomic mass is 10.1. The molecule has 6 nitrogen and oxygen atoms in total. The summed E-state index contributed by atoms with van der Waals surface area (Å²) in [4.78, 5) is 0. The van der Waals surface area contributed by atoms with Crippen LogP contribution in [0.25, 0.3) is 17.2 Å². The Morgan fingerprint density at radius 3 is 2.58 bits per heavy atom. The van der Waals surface area contributed by atoms with Gasteiger partial charge in [0, 0.05) is 13.0 Å². The van der Waals surface area contributed by atoms with E-state index in [1.807, 2.05) is 30.3 Å². The Labute approximate surface area is 140 Å². The van der Waals surface area contributed by atoms with Gasteiger partial charge in [0.2, 0.25) is 0 Å². The van der Waals surface area contributed by atoms with Crippen LogP contribution in [-0.4, -0.2) is 29.7 Å². The number of aryl methyl sites for hydroxylation is 1. The number of aromatic hydroxyl groups is 1. The number of para-hydroxylation sites is 1. The number of hydrogen-bond donors (Lipinski definition) is 1. The second-order valence-corrected chi connectivity index (χ2v) is 6.25. The van der Waals surface area contributed by atoms with Crippen molar-refractivity contribution in [1.82, 2.24) is 24.5 Å². The van der Waals surface area contributed by atoms with Crippen molar-refractivity contribution in [2.75, 3.05) is 0 Å². The van der Waals surface area contributed by atoms with E-state index in [2.05, 4.69) is 19.9 Å². The lowest BCUT2D eigenvalue weighted by Gasteiger charge is -2.07. The molecule has 0 aliphatic carbocycles. The number of nitrogens with zero attached hydrogens (tertiary/aromatic N) is 5. The van der Waals surface area contributed by atoms with E-state index in [0.29, 0.717) is 11.5 Å². The first-order chi connectivity index (χ1) is 11.8. The summed E-state index contributed by atoms with van der Waals surface area (Å²) in [7, 11) is 0. The normalized spacial score (nSPS) is 15.3. The zero-order chi connectivity index (χ0) is 16.4. The molecule has 0 spiro atoms. The second-order valence-electron chi connectivity index (χ2n) is 6.25. The Bertz CT molecular complexity index is 821. The van der Waals surface area contributed by atoms with Crippen molar-refractivity contribution < 1.29 is 5.11 Å². The van der Waals surface area contributed by atoms with Crippen molar-refractivity contribution in [3.8, 4) is 23.0 Å². The van der Waals surface area contributed by atoms with Crippen LogP contribution in [-0.2, 0) is 13.0 Å². The van der Waals surface area contributed by atoms with Crippen LogP contribution in [0, 0.1) is 0 Å². The van der Waals surface area contributed by atoms with Gasteiger partial charge in [0.15, 0.2) is 17.3 Å². The van der Waals surface area contributed by atoms with E-state index in [-0.39, 0.29) is 5.75 Å². The van der Waals surface area contributed by atoms with E-state index in [4.69, 9.17) is 0 Å². The van der Waals surface area contributed by atoms with Crippen molar-refractivity contribution in [3.63, 3.8) is 0 Å². The van der Waals surface area contributed by atoms with Gasteiger partial charge in [-0.2, -0.15) is 5.10 Å². The van der Waals surface area contributed by atoms with E-state index in [1.165, 1.54) is 19.3 Å². The van der Waals surface area contributed by atoms with Crippen molar-refractivity contribution in [3.05, 3.63) is 42.4 Å². The number of rotatable bonds is 2. The number of fused-ring (bicyclic) bond motifs is 1. The van der Waals surface area contributed by atoms with Crippen molar-refractivity contribution >= 4 is 0 Å². The summed E-state index contributed by atoms with van der Waals surface area (Å²) < 4.78 is 3.81. The van der Waals surface area contributed by atoms with Crippen LogP contribution in [0.1, 0.15) is 37.9 Å². The Morgan fingerprint density at radius 2 is 1.71 bits per heavy atom. The first-order valence-electron chi connectivity index (χ1n) is 8.59. The molecule has 0 amide bonds. The molecule has 0 bridgehead atoms. The fourth-order valence-electron chi connectivity index (χ4n) is 3.25. The molecule has 0 unspecified atom stereocenters. The van der Waals surface area contributed by atoms with Crippen LogP contribution in [0.3, 0.4) is 0 Å². The van der Waals surface area contributed by atoms with Crippen LogP contribution in [0.4, 0.5) is 0 Å². The van der Waals surface area contributed by atoms with Gasteiger partial charge in [-0.3, -0.25) is 0 Å². The standard InChI is InChI=1S/C18H21N5O/c24-15-13-23(14-9-5-4-6-10-14)21-17(15)18-20-19-16-11-7-2-1-3-8-12-22(16)18/h4-6,9-10,13,24H,1-3,7-8,11-12H2. The van der Waals surface area contributed by atoms with Crippen molar-refractivity contribution in [1.29, 1.82) is 0 Å². The molecule has 3 aromatic rings. The maximum absolute atomic E-state index is 10.4. The Hall–Kier alpha value is -2.63. The van der Waals surface area contributed by atoms with E-state index < -0.39 is 0 Å². The fourth-order valence-corrected chi connectivity index (χ4v) is 3.25. The molecule has 1 aromatic carbocycles. The topological polar surface area (TPSA) is 68.8 Å². The third kappa shape index (κ3) is 2.79. The van der Waals surface area contributed by atoms with Crippen molar-refractivity contribution in [2.45, 2.75) is 45.1 Å². The van der Waals surface area contributed by atoms with Crippen LogP contribution in [0.2, 0.25) is 0 Å². The van der Waals surface area contributed by atoms with Crippen LogP contribution in [0.5, 0.6) is 5.75 Å². The molecule has 0 radical (unpaired) electrons. The molecule has 0 saturated heterocycles. The molecular weight excluding hydrogens is 302 g/mol. The molecule has 3 heterocycles. The minimum absolute atomic E-state index is 0.133. The highest BCUT2D eigenvalue weighted by atomic mass is 16.3. The van der Waals surface area contributed by atoms with Gasteiger partial charge in [0.25, 0.3) is 0 Å². The molecule has 6 heteroatoms. The molecule has 0 fully saturated rings. The van der Waals surface area contributed by atoms with Crippen LogP contribution >= 0.6 is 0 Å². The monoisotopic (exact) mass is 323 g/mol. The van der Waals surface area contributed by atoms with E-state index >= 15 is 0 Å². The smallest absolute Gasteiger partial charge is 0.188 e. The van der Waals surface area contributed by atoms with Gasteiger partial charge in [-0.15, -0.1) is 10.2 Å². The molecule has 24 heavy (non-hydrogen) atoms. The Balaban J connectivity index is 1.73. The highest BCUT2D eigenvalue weighted by Crippen LogP contribution is 2.29. The SMILES string of the molecule is Oc1cn(-c2ccccc2)nc1-c1nnc2n1CCCCCCC2. The minimum atomic E-state index is 0.133. The Morgan fingerprint density at radius 1 is 0.917 bits per heavy atom. The maximum Gasteiger partial charge on any atom is 0.188 e. The number of hydrogen-bond acceptors (Lipinski definition) is 4. The summed E-state index contributed by atoms with van der Waals surface area (Å²) in [5, 5.41) is 23.6. The van der Waals surface area contributed by atoms with Crippen molar-refractivity contribution in [2.24, 2.45) is 0 Å². The highest BCUT2D eigenvalue weighted by Gasteiger charge is 2.20. The minimum Gasteiger partial charge on any atom is -0.504 e. The molecule has 2 aromatic heterocycles. The third-order valence-corrected chi connectivity index (χ3v) is 4.54. The van der Waals surface area contributed by atoms with Gasteiger partial charge in [-0.25, -0.2) is 4.68 Å². The van der Waals surface area contributed by atoms with Gasteiger partial charge < -0.3 is 9.67 Å². The predicted octanol–water partition coefficient (Wildman–Crippen LogP) is 3.34. The summed E-state index contributed by atoms with van der Waals surface area (Å²) in [6.07, 6.45) is 8.56. The molecule has 124 valence electrons. The molecular formula is C18H21N5O. The molecule has 1 N–H and O–H groups in total. The van der Waals surface area contributed by atoms with Gasteiger partial charge in [-0.1, -0.05) is 37.5 Å². The van der Waals surface area contributed by atoms with Gasteiger partial charge in [0.05, 0.1) is 11.9 Å². The quantitative estimate of drug-likeness (QED) is 0.785. The van der Waals surface area contributed by atoms with E-state index in [1.54, 1.807) is 10.9 Å². The molecule has 4 rings (SSSR count). The lowest BCUT2D eigenvalue weighted by Crippen LogP contribution is -2.06. The summed E-state index contributed by atoms with van der Waals surface area (Å²) in [5.41, 5.74) is 1.40. The highest BCUT2D eigenvalue weighted by molar-refractivity contribution is 5.59. The molecule has 0 saturated carbocycles. The first-order valence-corrected chi connectivity index (χ1v) is 8.59. The maximum atomic E-state index is 10.4. The van der Waals surface area contributed by atoms with E-state index in [9.17, 15) is 5.11 Å². The predicted molar refractivity (Wildman–Crippen MR) is 91.0 cm³/mol. The molecule has 1 aliphatic heterocycles. The second kappa shape index (κ2) is 6.47. The lowest BCUT2D eigenvalue weighted by molar-refractivity contribution is 0.475.